The maximum absolute atomic E-state index is 13.2. The van der Waals surface area contributed by atoms with Gasteiger partial charge in [-0.2, -0.15) is 4.31 Å². The van der Waals surface area contributed by atoms with E-state index in [9.17, 15) is 21.6 Å². The fourth-order valence-corrected chi connectivity index (χ4v) is 7.20. The highest BCUT2D eigenvalue weighted by atomic mass is 35.5. The number of benzene rings is 3. The molecule has 1 aliphatic rings. The normalized spacial score (nSPS) is 15.1. The van der Waals surface area contributed by atoms with E-state index >= 15 is 0 Å². The molecule has 0 unspecified atom stereocenters. The van der Waals surface area contributed by atoms with Crippen molar-refractivity contribution in [2.24, 2.45) is 5.92 Å². The molecule has 3 aromatic carbocycles. The molecule has 9 nitrogen and oxygen atoms in total. The molecule has 1 saturated heterocycles. The Balaban J connectivity index is 1.52. The van der Waals surface area contributed by atoms with Crippen LogP contribution in [0.3, 0.4) is 0 Å². The molecule has 4 rings (SSSR count). The first kappa shape index (κ1) is 29.2. The third kappa shape index (κ3) is 6.85. The first-order chi connectivity index (χ1) is 18.4. The fourth-order valence-electron chi connectivity index (χ4n) is 4.14. The Morgan fingerprint density at radius 2 is 1.46 bits per heavy atom. The van der Waals surface area contributed by atoms with Gasteiger partial charge in [0.25, 0.3) is 15.9 Å². The molecule has 3 aromatic rings. The number of piperidine rings is 1. The molecule has 2 N–H and O–H groups in total. The Labute approximate surface area is 238 Å². The highest BCUT2D eigenvalue weighted by molar-refractivity contribution is 7.92. The molecule has 1 fully saturated rings. The lowest BCUT2D eigenvalue weighted by molar-refractivity contribution is 0.102. The van der Waals surface area contributed by atoms with Crippen molar-refractivity contribution < 1.29 is 26.4 Å². The maximum atomic E-state index is 13.2. The van der Waals surface area contributed by atoms with Gasteiger partial charge in [-0.1, -0.05) is 30.1 Å². The van der Waals surface area contributed by atoms with Gasteiger partial charge in [0.2, 0.25) is 10.0 Å². The van der Waals surface area contributed by atoms with Gasteiger partial charge in [0.05, 0.1) is 28.2 Å². The summed E-state index contributed by atoms with van der Waals surface area (Å²) in [5, 5.41) is 3.21. The summed E-state index contributed by atoms with van der Waals surface area (Å²) < 4.78 is 61.1. The topological polar surface area (TPSA) is 122 Å². The Bertz CT molecular complexity index is 1570. The van der Waals surface area contributed by atoms with Crippen LogP contribution in [0.1, 0.15) is 30.1 Å². The van der Waals surface area contributed by atoms with E-state index in [0.29, 0.717) is 24.7 Å². The highest BCUT2D eigenvalue weighted by Gasteiger charge is 2.29. The molecule has 39 heavy (non-hydrogen) atoms. The third-order valence-corrected chi connectivity index (χ3v) is 10.1. The molecular weight excluding hydrogens is 585 g/mol. The Kier molecular flexibility index (Phi) is 8.77. The highest BCUT2D eigenvalue weighted by Crippen LogP contribution is 2.29. The summed E-state index contributed by atoms with van der Waals surface area (Å²) in [6, 6.07) is 13.9. The van der Waals surface area contributed by atoms with Crippen LogP contribution in [0.15, 0.2) is 70.5 Å². The molecule has 0 aromatic heterocycles. The molecule has 0 saturated carbocycles. The van der Waals surface area contributed by atoms with E-state index in [1.54, 1.807) is 0 Å². The van der Waals surface area contributed by atoms with E-state index < -0.39 is 26.0 Å². The van der Waals surface area contributed by atoms with Gasteiger partial charge in [-0.05, 0) is 79.4 Å². The van der Waals surface area contributed by atoms with Gasteiger partial charge >= 0.3 is 0 Å². The van der Waals surface area contributed by atoms with E-state index in [0.717, 1.165) is 12.8 Å². The van der Waals surface area contributed by atoms with Crippen molar-refractivity contribution >= 4 is 60.5 Å². The summed E-state index contributed by atoms with van der Waals surface area (Å²) in [5.74, 6) is 0.0434. The smallest absolute Gasteiger partial charge is 0.261 e. The molecule has 1 heterocycles. The van der Waals surface area contributed by atoms with Crippen LogP contribution in [-0.2, 0) is 20.0 Å². The largest absolute Gasteiger partial charge is 0.496 e. The summed E-state index contributed by atoms with van der Waals surface area (Å²) in [4.78, 5) is 13.1. The van der Waals surface area contributed by atoms with Crippen LogP contribution in [0, 0.1) is 5.92 Å². The predicted molar refractivity (Wildman–Crippen MR) is 152 cm³/mol. The molecule has 208 valence electrons. The summed E-state index contributed by atoms with van der Waals surface area (Å²) in [7, 11) is -6.37. The summed E-state index contributed by atoms with van der Waals surface area (Å²) in [6.45, 7) is 2.94. The lowest BCUT2D eigenvalue weighted by Crippen LogP contribution is -2.37. The van der Waals surface area contributed by atoms with Crippen molar-refractivity contribution in [3.63, 3.8) is 0 Å². The summed E-state index contributed by atoms with van der Waals surface area (Å²) >= 11 is 11.9. The summed E-state index contributed by atoms with van der Waals surface area (Å²) in [6.07, 6.45) is 1.55. The number of amides is 1. The van der Waals surface area contributed by atoms with Crippen molar-refractivity contribution in [1.82, 2.24) is 4.31 Å². The van der Waals surface area contributed by atoms with E-state index in [1.807, 2.05) is 0 Å². The Morgan fingerprint density at radius 3 is 2.05 bits per heavy atom. The Hall–Kier alpha value is -2.83. The third-order valence-electron chi connectivity index (χ3n) is 6.33. The van der Waals surface area contributed by atoms with Gasteiger partial charge in [0.15, 0.2) is 0 Å². The van der Waals surface area contributed by atoms with Gasteiger partial charge < -0.3 is 10.1 Å². The molecule has 1 amide bonds. The number of halogens is 2. The molecule has 0 radical (unpaired) electrons. The minimum absolute atomic E-state index is 0.00311. The number of carbonyl (C=O) groups excluding carboxylic acids is 1. The number of nitrogens with one attached hydrogen (secondary N) is 2. The maximum Gasteiger partial charge on any atom is 0.261 e. The lowest BCUT2D eigenvalue weighted by atomic mass is 10.0. The van der Waals surface area contributed by atoms with Crippen molar-refractivity contribution in [3.8, 4) is 5.75 Å². The van der Waals surface area contributed by atoms with E-state index in [2.05, 4.69) is 17.0 Å². The number of rotatable bonds is 8. The second-order valence-corrected chi connectivity index (χ2v) is 13.7. The first-order valence-corrected chi connectivity index (χ1v) is 15.7. The molecule has 0 aliphatic carbocycles. The molecular formula is C26H27Cl2N3O6S2. The van der Waals surface area contributed by atoms with Crippen LogP contribution in [0.25, 0.3) is 0 Å². The molecule has 0 spiro atoms. The van der Waals surface area contributed by atoms with E-state index in [1.165, 1.54) is 72.1 Å². The minimum atomic E-state index is -3.96. The molecule has 0 bridgehead atoms. The van der Waals surface area contributed by atoms with Crippen LogP contribution in [0.2, 0.25) is 10.0 Å². The predicted octanol–water partition coefficient (Wildman–Crippen LogP) is 5.48. The van der Waals surface area contributed by atoms with Gasteiger partial charge in [-0.15, -0.1) is 0 Å². The number of sulfonamides is 2. The van der Waals surface area contributed by atoms with Crippen LogP contribution in [-0.4, -0.2) is 47.2 Å². The van der Waals surface area contributed by atoms with E-state index in [4.69, 9.17) is 27.9 Å². The first-order valence-electron chi connectivity index (χ1n) is 12.0. The van der Waals surface area contributed by atoms with Crippen molar-refractivity contribution in [2.45, 2.75) is 29.6 Å². The average molecular weight is 613 g/mol. The van der Waals surface area contributed by atoms with Crippen LogP contribution >= 0.6 is 23.2 Å². The van der Waals surface area contributed by atoms with Gasteiger partial charge in [0.1, 0.15) is 5.75 Å². The van der Waals surface area contributed by atoms with Crippen LogP contribution in [0.5, 0.6) is 5.75 Å². The van der Waals surface area contributed by atoms with Crippen molar-refractivity contribution in [2.75, 3.05) is 30.2 Å². The monoisotopic (exact) mass is 611 g/mol. The summed E-state index contributed by atoms with van der Waals surface area (Å²) in [5.41, 5.74) is 0.524. The number of carbonyl (C=O) groups is 1. The average Bonchev–Trinajstić information content (AvgIpc) is 2.88. The fraction of sp³-hybridized carbons (Fsp3) is 0.269. The number of ether oxygens (including phenoxy) is 1. The second-order valence-electron chi connectivity index (χ2n) is 9.19. The quantitative estimate of drug-likeness (QED) is 0.348. The van der Waals surface area contributed by atoms with Gasteiger partial charge in [-0.3, -0.25) is 9.52 Å². The minimum Gasteiger partial charge on any atom is -0.496 e. The van der Waals surface area contributed by atoms with Gasteiger partial charge in [-0.25, -0.2) is 16.8 Å². The van der Waals surface area contributed by atoms with Crippen molar-refractivity contribution in [1.29, 1.82) is 0 Å². The number of hydrogen-bond acceptors (Lipinski definition) is 6. The van der Waals surface area contributed by atoms with E-state index in [-0.39, 0.29) is 36.8 Å². The zero-order chi connectivity index (χ0) is 28.4. The number of nitrogens with zero attached hydrogens (tertiary/aromatic N) is 1. The standard InChI is InChI=1S/C26H27Cl2N3O6S2/c1-17-9-11-31(12-10-17)39(35,36)23-7-8-25(37-2)24(16-23)26(32)29-20-3-5-22(6-4-20)38(33,34)30-21-14-18(27)13-19(28)15-21/h3-8,13-17,30H,9-12H2,1-2H3,(H,29,32). The van der Waals surface area contributed by atoms with Gasteiger partial charge in [0, 0.05) is 28.8 Å². The van der Waals surface area contributed by atoms with Crippen LogP contribution in [0.4, 0.5) is 11.4 Å². The molecule has 13 heteroatoms. The zero-order valence-corrected chi connectivity index (χ0v) is 24.3. The molecule has 1 aliphatic heterocycles. The van der Waals surface area contributed by atoms with Crippen LogP contribution < -0.4 is 14.8 Å². The number of hydrogen-bond donors (Lipinski definition) is 2. The SMILES string of the molecule is COc1ccc(S(=O)(=O)N2CCC(C)CC2)cc1C(=O)Nc1ccc(S(=O)(=O)Nc2cc(Cl)cc(Cl)c2)cc1. The zero-order valence-electron chi connectivity index (χ0n) is 21.1. The number of anilines is 2. The lowest BCUT2D eigenvalue weighted by Gasteiger charge is -2.29. The van der Waals surface area contributed by atoms with Crippen molar-refractivity contribution in [3.05, 3.63) is 76.3 Å². The Morgan fingerprint density at radius 1 is 0.872 bits per heavy atom. The molecule has 0 atom stereocenters. The second kappa shape index (κ2) is 11.7. The number of methoxy groups -OCH3 is 1.